The highest BCUT2D eigenvalue weighted by Gasteiger charge is 2.29. The average molecular weight is 338 g/mol. The maximum Gasteiger partial charge on any atom is 0.252 e. The van der Waals surface area contributed by atoms with Gasteiger partial charge in [0.25, 0.3) is 10.0 Å². The van der Waals surface area contributed by atoms with Crippen LogP contribution in [0.15, 0.2) is 16.3 Å². The molecule has 0 spiro atoms. The molecule has 0 aliphatic carbocycles. The smallest absolute Gasteiger partial charge is 0.206 e. The van der Waals surface area contributed by atoms with Crippen LogP contribution in [0.5, 0.6) is 0 Å². The van der Waals surface area contributed by atoms with Gasteiger partial charge in [0.1, 0.15) is 4.21 Å². The molecule has 3 nitrogen and oxygen atoms in total. The second-order valence-corrected chi connectivity index (χ2v) is 8.55. The van der Waals surface area contributed by atoms with Crippen molar-refractivity contribution in [1.29, 1.82) is 0 Å². The molecule has 0 saturated heterocycles. The quantitative estimate of drug-likeness (QED) is 0.636. The van der Waals surface area contributed by atoms with E-state index in [9.17, 15) is 8.42 Å². The van der Waals surface area contributed by atoms with Crippen molar-refractivity contribution in [3.05, 3.63) is 17.0 Å². The standard InChI is InChI=1S/C14H24ClNO2S2/c1-4-6-11-16(12(3)5-2)20(17,18)14-8-7-13(19-14)9-10-15/h7-8,12H,4-6,9-11H2,1-3H3. The van der Waals surface area contributed by atoms with Gasteiger partial charge in [0.05, 0.1) is 0 Å². The summed E-state index contributed by atoms with van der Waals surface area (Å²) in [5.74, 6) is 0.519. The van der Waals surface area contributed by atoms with Gasteiger partial charge in [-0.2, -0.15) is 4.31 Å². The molecule has 1 unspecified atom stereocenters. The Morgan fingerprint density at radius 1 is 1.35 bits per heavy atom. The van der Waals surface area contributed by atoms with Crippen LogP contribution in [-0.2, 0) is 16.4 Å². The fraction of sp³-hybridized carbons (Fsp3) is 0.714. The van der Waals surface area contributed by atoms with Crippen molar-refractivity contribution in [3.63, 3.8) is 0 Å². The van der Waals surface area contributed by atoms with Gasteiger partial charge in [0.15, 0.2) is 0 Å². The van der Waals surface area contributed by atoms with E-state index in [-0.39, 0.29) is 6.04 Å². The molecule has 0 aromatic carbocycles. The minimum absolute atomic E-state index is 0.0325. The first-order valence-corrected chi connectivity index (χ1v) is 9.93. The summed E-state index contributed by atoms with van der Waals surface area (Å²) in [4.78, 5) is 1.03. The van der Waals surface area contributed by atoms with Gasteiger partial charge in [0, 0.05) is 23.3 Å². The Kier molecular flexibility index (Phi) is 7.51. The van der Waals surface area contributed by atoms with E-state index in [0.717, 1.165) is 30.6 Å². The molecule has 20 heavy (non-hydrogen) atoms. The highest BCUT2D eigenvalue weighted by atomic mass is 35.5. The van der Waals surface area contributed by atoms with Crippen molar-refractivity contribution in [2.24, 2.45) is 0 Å². The first kappa shape index (κ1) is 18.0. The van der Waals surface area contributed by atoms with Crippen LogP contribution < -0.4 is 0 Å². The van der Waals surface area contributed by atoms with Crippen molar-refractivity contribution < 1.29 is 8.42 Å². The second kappa shape index (κ2) is 8.37. The van der Waals surface area contributed by atoms with E-state index in [1.165, 1.54) is 11.3 Å². The fourth-order valence-corrected chi connectivity index (χ4v) is 5.48. The summed E-state index contributed by atoms with van der Waals surface area (Å²) < 4.78 is 27.6. The van der Waals surface area contributed by atoms with Gasteiger partial charge in [0.2, 0.25) is 0 Å². The number of hydrogen-bond donors (Lipinski definition) is 0. The number of halogens is 1. The molecule has 1 rings (SSSR count). The molecular weight excluding hydrogens is 314 g/mol. The van der Waals surface area contributed by atoms with E-state index < -0.39 is 10.0 Å². The topological polar surface area (TPSA) is 37.4 Å². The highest BCUT2D eigenvalue weighted by Crippen LogP contribution is 2.27. The number of thiophene rings is 1. The van der Waals surface area contributed by atoms with Crippen LogP contribution in [0.3, 0.4) is 0 Å². The van der Waals surface area contributed by atoms with E-state index in [4.69, 9.17) is 11.6 Å². The molecule has 0 aliphatic rings. The van der Waals surface area contributed by atoms with Crippen molar-refractivity contribution in [2.75, 3.05) is 12.4 Å². The third-order valence-corrected chi connectivity index (χ3v) is 7.17. The summed E-state index contributed by atoms with van der Waals surface area (Å²) in [5.41, 5.74) is 0. The first-order chi connectivity index (χ1) is 9.47. The summed E-state index contributed by atoms with van der Waals surface area (Å²) in [6.45, 7) is 6.66. The normalized spacial score (nSPS) is 13.8. The van der Waals surface area contributed by atoms with E-state index >= 15 is 0 Å². The lowest BCUT2D eigenvalue weighted by Gasteiger charge is -2.26. The highest BCUT2D eigenvalue weighted by molar-refractivity contribution is 7.91. The third-order valence-electron chi connectivity index (χ3n) is 3.36. The Labute approximate surface area is 132 Å². The van der Waals surface area contributed by atoms with Gasteiger partial charge in [-0.25, -0.2) is 8.42 Å². The zero-order valence-corrected chi connectivity index (χ0v) is 14.8. The molecule has 1 aromatic heterocycles. The zero-order chi connectivity index (χ0) is 15.2. The lowest BCUT2D eigenvalue weighted by molar-refractivity contribution is 0.325. The van der Waals surface area contributed by atoms with Crippen molar-refractivity contribution in [1.82, 2.24) is 4.31 Å². The van der Waals surface area contributed by atoms with Crippen LogP contribution in [0.4, 0.5) is 0 Å². The van der Waals surface area contributed by atoms with Gasteiger partial charge >= 0.3 is 0 Å². The molecule has 0 saturated carbocycles. The van der Waals surface area contributed by atoms with E-state index in [2.05, 4.69) is 6.92 Å². The summed E-state index contributed by atoms with van der Waals surface area (Å²) in [6.07, 6.45) is 3.43. The van der Waals surface area contributed by atoms with Gasteiger partial charge in [-0.15, -0.1) is 22.9 Å². The Balaban J connectivity index is 3.01. The lowest BCUT2D eigenvalue weighted by Crippen LogP contribution is -2.38. The molecule has 6 heteroatoms. The van der Waals surface area contributed by atoms with Gasteiger partial charge < -0.3 is 0 Å². The number of alkyl halides is 1. The predicted octanol–water partition coefficient (Wildman–Crippen LogP) is 4.12. The molecule has 1 atom stereocenters. The Bertz CT molecular complexity index is 499. The van der Waals surface area contributed by atoms with Gasteiger partial charge in [-0.3, -0.25) is 0 Å². The van der Waals surface area contributed by atoms with Gasteiger partial charge in [-0.1, -0.05) is 20.3 Å². The maximum absolute atomic E-state index is 12.8. The number of rotatable bonds is 9. The third kappa shape index (κ3) is 4.45. The molecule has 0 bridgehead atoms. The predicted molar refractivity (Wildman–Crippen MR) is 87.3 cm³/mol. The molecular formula is C14H24ClNO2S2. The van der Waals surface area contributed by atoms with Crippen LogP contribution in [0.25, 0.3) is 0 Å². The molecule has 1 heterocycles. The molecule has 0 fully saturated rings. The fourth-order valence-electron chi connectivity index (χ4n) is 1.93. The summed E-state index contributed by atoms with van der Waals surface area (Å²) in [5, 5.41) is 0. The molecule has 0 radical (unpaired) electrons. The Morgan fingerprint density at radius 3 is 2.60 bits per heavy atom. The van der Waals surface area contributed by atoms with Crippen molar-refractivity contribution >= 4 is 33.0 Å². The summed E-state index contributed by atoms with van der Waals surface area (Å²) in [7, 11) is -3.37. The number of aryl methyl sites for hydroxylation is 1. The number of sulfonamides is 1. The van der Waals surface area contributed by atoms with E-state index in [0.29, 0.717) is 16.6 Å². The average Bonchev–Trinajstić information content (AvgIpc) is 2.88. The summed E-state index contributed by atoms with van der Waals surface area (Å²) in [6, 6.07) is 3.61. The van der Waals surface area contributed by atoms with Crippen LogP contribution in [0, 0.1) is 0 Å². The minimum Gasteiger partial charge on any atom is -0.206 e. The van der Waals surface area contributed by atoms with E-state index in [1.54, 1.807) is 10.4 Å². The lowest BCUT2D eigenvalue weighted by atomic mass is 10.2. The Hall–Kier alpha value is -0.100. The summed E-state index contributed by atoms with van der Waals surface area (Å²) >= 11 is 7.05. The van der Waals surface area contributed by atoms with Crippen molar-refractivity contribution in [3.8, 4) is 0 Å². The minimum atomic E-state index is -3.37. The SMILES string of the molecule is CCCCN(C(C)CC)S(=O)(=O)c1ccc(CCCl)s1. The number of unbranched alkanes of at least 4 members (excludes halogenated alkanes) is 1. The monoisotopic (exact) mass is 337 g/mol. The molecule has 116 valence electrons. The largest absolute Gasteiger partial charge is 0.252 e. The van der Waals surface area contributed by atoms with Crippen LogP contribution in [0.1, 0.15) is 44.9 Å². The maximum atomic E-state index is 12.8. The van der Waals surface area contributed by atoms with Crippen LogP contribution in [0.2, 0.25) is 0 Å². The van der Waals surface area contributed by atoms with E-state index in [1.807, 2.05) is 19.9 Å². The van der Waals surface area contributed by atoms with Crippen LogP contribution in [-0.4, -0.2) is 31.2 Å². The molecule has 1 aromatic rings. The number of hydrogen-bond acceptors (Lipinski definition) is 3. The molecule has 0 aliphatic heterocycles. The second-order valence-electron chi connectivity index (χ2n) is 4.89. The molecule has 0 N–H and O–H groups in total. The van der Waals surface area contributed by atoms with Crippen molar-refractivity contribution in [2.45, 2.75) is 56.7 Å². The zero-order valence-electron chi connectivity index (χ0n) is 12.4. The van der Waals surface area contributed by atoms with Gasteiger partial charge in [-0.05, 0) is 38.3 Å². The van der Waals surface area contributed by atoms with Crippen LogP contribution >= 0.6 is 22.9 Å². The molecule has 0 amide bonds. The Morgan fingerprint density at radius 2 is 2.05 bits per heavy atom. The number of nitrogens with zero attached hydrogens (tertiary/aromatic N) is 1. The first-order valence-electron chi connectivity index (χ1n) is 7.13.